The summed E-state index contributed by atoms with van der Waals surface area (Å²) >= 11 is 0. The molecule has 21 heavy (non-hydrogen) atoms. The second-order valence-corrected chi connectivity index (χ2v) is 8.05. The van der Waals surface area contributed by atoms with E-state index in [0.717, 1.165) is 6.20 Å². The van der Waals surface area contributed by atoms with Crippen molar-refractivity contribution in [2.24, 2.45) is 5.92 Å². The Balaban J connectivity index is 1.94. The van der Waals surface area contributed by atoms with Gasteiger partial charge in [-0.15, -0.1) is 0 Å². The van der Waals surface area contributed by atoms with Crippen LogP contribution in [0.1, 0.15) is 25.1 Å². The zero-order valence-electron chi connectivity index (χ0n) is 12.2. The lowest BCUT2D eigenvalue weighted by Gasteiger charge is -2.28. The van der Waals surface area contributed by atoms with E-state index in [2.05, 4.69) is 4.98 Å². The van der Waals surface area contributed by atoms with E-state index in [1.165, 1.54) is 12.1 Å². The third-order valence-electron chi connectivity index (χ3n) is 4.00. The number of aliphatic hydroxyl groups excluding tert-OH is 1. The summed E-state index contributed by atoms with van der Waals surface area (Å²) in [6.45, 7) is 2.43. The Labute approximate surface area is 124 Å². The zero-order valence-corrected chi connectivity index (χ0v) is 13.1. The fourth-order valence-corrected chi connectivity index (χ4v) is 4.49. The number of halogens is 1. The van der Waals surface area contributed by atoms with E-state index in [1.54, 1.807) is 0 Å². The average Bonchev–Trinajstić information content (AvgIpc) is 2.79. The molecule has 2 heterocycles. The quantitative estimate of drug-likeness (QED) is 0.878. The lowest BCUT2D eigenvalue weighted by atomic mass is 10.00. The van der Waals surface area contributed by atoms with Gasteiger partial charge >= 0.3 is 0 Å². The molecule has 1 aliphatic rings. The Hall–Kier alpha value is -1.05. The SMILES string of the molecule is CC(CN(C)C1CCS(=O)(=O)C1)C(O)c1ccc(F)cn1. The van der Waals surface area contributed by atoms with Gasteiger partial charge in [-0.2, -0.15) is 0 Å². The summed E-state index contributed by atoms with van der Waals surface area (Å²) in [5, 5.41) is 10.2. The predicted octanol–water partition coefficient (Wildman–Crippen LogP) is 1.01. The molecular formula is C14H21FN2O3S. The molecule has 5 nitrogen and oxygen atoms in total. The minimum absolute atomic E-state index is 0.00540. The van der Waals surface area contributed by atoms with Crippen LogP contribution in [0, 0.1) is 11.7 Å². The smallest absolute Gasteiger partial charge is 0.151 e. The maximum absolute atomic E-state index is 12.8. The van der Waals surface area contributed by atoms with Gasteiger partial charge in [0.05, 0.1) is 29.5 Å². The fraction of sp³-hybridized carbons (Fsp3) is 0.643. The van der Waals surface area contributed by atoms with Crippen LogP contribution in [0.5, 0.6) is 0 Å². The van der Waals surface area contributed by atoms with Crippen LogP contribution >= 0.6 is 0 Å². The highest BCUT2D eigenvalue weighted by molar-refractivity contribution is 7.91. The highest BCUT2D eigenvalue weighted by Gasteiger charge is 2.32. The number of rotatable bonds is 5. The molecule has 0 aromatic carbocycles. The van der Waals surface area contributed by atoms with Gasteiger partial charge in [0, 0.05) is 18.5 Å². The van der Waals surface area contributed by atoms with Gasteiger partial charge in [0.15, 0.2) is 9.84 Å². The molecule has 1 aromatic rings. The molecule has 0 spiro atoms. The Bertz CT molecular complexity index is 576. The van der Waals surface area contributed by atoms with Gasteiger partial charge in [-0.3, -0.25) is 4.98 Å². The third-order valence-corrected chi connectivity index (χ3v) is 5.75. The van der Waals surface area contributed by atoms with Gasteiger partial charge in [-0.05, 0) is 25.6 Å². The maximum Gasteiger partial charge on any atom is 0.151 e. The molecule has 118 valence electrons. The van der Waals surface area contributed by atoms with Gasteiger partial charge in [0.1, 0.15) is 5.82 Å². The molecule has 1 saturated heterocycles. The number of sulfone groups is 1. The normalized spacial score (nSPS) is 24.1. The van der Waals surface area contributed by atoms with Crippen molar-refractivity contribution in [2.45, 2.75) is 25.5 Å². The third kappa shape index (κ3) is 4.21. The van der Waals surface area contributed by atoms with Crippen LogP contribution in [-0.4, -0.2) is 54.5 Å². The summed E-state index contributed by atoms with van der Waals surface area (Å²) in [4.78, 5) is 5.86. The van der Waals surface area contributed by atoms with Crippen molar-refractivity contribution >= 4 is 9.84 Å². The van der Waals surface area contributed by atoms with Gasteiger partial charge < -0.3 is 10.0 Å². The molecule has 0 bridgehead atoms. The van der Waals surface area contributed by atoms with E-state index in [-0.39, 0.29) is 23.5 Å². The Kier molecular flexibility index (Phi) is 4.95. The van der Waals surface area contributed by atoms with E-state index >= 15 is 0 Å². The van der Waals surface area contributed by atoms with Crippen molar-refractivity contribution < 1.29 is 17.9 Å². The molecule has 3 unspecified atom stereocenters. The number of hydrogen-bond acceptors (Lipinski definition) is 5. The molecule has 1 fully saturated rings. The highest BCUT2D eigenvalue weighted by Crippen LogP contribution is 2.23. The molecular weight excluding hydrogens is 295 g/mol. The van der Waals surface area contributed by atoms with Crippen LogP contribution < -0.4 is 0 Å². The molecule has 1 N–H and O–H groups in total. The monoisotopic (exact) mass is 316 g/mol. The van der Waals surface area contributed by atoms with Gasteiger partial charge in [0.25, 0.3) is 0 Å². The molecule has 0 aliphatic carbocycles. The van der Waals surface area contributed by atoms with E-state index in [9.17, 15) is 17.9 Å². The second-order valence-electron chi connectivity index (χ2n) is 5.82. The van der Waals surface area contributed by atoms with E-state index in [0.29, 0.717) is 18.7 Å². The Morgan fingerprint density at radius 1 is 1.52 bits per heavy atom. The van der Waals surface area contributed by atoms with E-state index in [1.807, 2.05) is 18.9 Å². The first-order valence-corrected chi connectivity index (χ1v) is 8.81. The minimum Gasteiger partial charge on any atom is -0.386 e. The summed E-state index contributed by atoms with van der Waals surface area (Å²) in [5.41, 5.74) is 0.427. The van der Waals surface area contributed by atoms with Crippen molar-refractivity contribution in [1.29, 1.82) is 0 Å². The topological polar surface area (TPSA) is 70.5 Å². The Morgan fingerprint density at radius 3 is 2.76 bits per heavy atom. The minimum atomic E-state index is -2.91. The van der Waals surface area contributed by atoms with Crippen LogP contribution in [0.15, 0.2) is 18.3 Å². The van der Waals surface area contributed by atoms with Gasteiger partial charge in [0.2, 0.25) is 0 Å². The first-order valence-electron chi connectivity index (χ1n) is 6.98. The lowest BCUT2D eigenvalue weighted by Crippen LogP contribution is -2.37. The van der Waals surface area contributed by atoms with Crippen LogP contribution in [0.25, 0.3) is 0 Å². The fourth-order valence-electron chi connectivity index (χ4n) is 2.68. The number of aliphatic hydroxyl groups is 1. The van der Waals surface area contributed by atoms with Crippen molar-refractivity contribution in [3.8, 4) is 0 Å². The summed E-state index contributed by atoms with van der Waals surface area (Å²) in [6, 6.07) is 2.74. The first kappa shape index (κ1) is 16.3. The summed E-state index contributed by atoms with van der Waals surface area (Å²) in [5.74, 6) is -0.150. The second kappa shape index (κ2) is 6.37. The molecule has 0 amide bonds. The standard InChI is InChI=1S/C14H21FN2O3S/c1-10(14(18)13-4-3-11(15)7-16-13)8-17(2)12-5-6-21(19,20)9-12/h3-4,7,10,12,14,18H,5-6,8-9H2,1-2H3. The molecule has 1 aliphatic heterocycles. The summed E-state index contributed by atoms with van der Waals surface area (Å²) < 4.78 is 35.8. The number of aromatic nitrogens is 1. The number of nitrogens with zero attached hydrogens (tertiary/aromatic N) is 2. The van der Waals surface area contributed by atoms with E-state index in [4.69, 9.17) is 0 Å². The molecule has 2 rings (SSSR count). The zero-order chi connectivity index (χ0) is 15.6. The average molecular weight is 316 g/mol. The molecule has 0 saturated carbocycles. The van der Waals surface area contributed by atoms with Crippen LogP contribution in [-0.2, 0) is 9.84 Å². The van der Waals surface area contributed by atoms with Crippen molar-refractivity contribution in [1.82, 2.24) is 9.88 Å². The molecule has 0 radical (unpaired) electrons. The van der Waals surface area contributed by atoms with Crippen LogP contribution in [0.3, 0.4) is 0 Å². The van der Waals surface area contributed by atoms with Crippen LogP contribution in [0.4, 0.5) is 4.39 Å². The van der Waals surface area contributed by atoms with Gasteiger partial charge in [-0.25, -0.2) is 12.8 Å². The molecule has 3 atom stereocenters. The number of pyridine rings is 1. The molecule has 1 aromatic heterocycles. The van der Waals surface area contributed by atoms with Crippen LogP contribution in [0.2, 0.25) is 0 Å². The lowest BCUT2D eigenvalue weighted by molar-refractivity contribution is 0.0830. The van der Waals surface area contributed by atoms with Gasteiger partial charge in [-0.1, -0.05) is 6.92 Å². The summed E-state index contributed by atoms with van der Waals surface area (Å²) in [7, 11) is -1.04. The van der Waals surface area contributed by atoms with Crippen molar-refractivity contribution in [3.05, 3.63) is 29.8 Å². The largest absolute Gasteiger partial charge is 0.386 e. The van der Waals surface area contributed by atoms with Crippen molar-refractivity contribution in [2.75, 3.05) is 25.1 Å². The van der Waals surface area contributed by atoms with E-state index < -0.39 is 21.8 Å². The predicted molar refractivity (Wildman–Crippen MR) is 78.0 cm³/mol. The first-order chi connectivity index (χ1) is 9.78. The highest BCUT2D eigenvalue weighted by atomic mass is 32.2. The Morgan fingerprint density at radius 2 is 2.24 bits per heavy atom. The maximum atomic E-state index is 12.8. The van der Waals surface area contributed by atoms with Crippen molar-refractivity contribution in [3.63, 3.8) is 0 Å². The summed E-state index contributed by atoms with van der Waals surface area (Å²) in [6.07, 6.45) is 0.917. The molecule has 7 heteroatoms. The number of hydrogen-bond donors (Lipinski definition) is 1.